The molecule has 6 heteroatoms. The van der Waals surface area contributed by atoms with Crippen molar-refractivity contribution in [1.29, 1.82) is 0 Å². The summed E-state index contributed by atoms with van der Waals surface area (Å²) in [6.45, 7) is 0.401. The number of carboxylic acid groups (broad SMARTS) is 2. The molecule has 0 aromatic heterocycles. The molecule has 6 nitrogen and oxygen atoms in total. The van der Waals surface area contributed by atoms with Crippen molar-refractivity contribution in [3.63, 3.8) is 0 Å². The van der Waals surface area contributed by atoms with Crippen molar-refractivity contribution >= 4 is 17.6 Å². The second-order valence-electron chi connectivity index (χ2n) is 3.79. The number of phenols is 1. The first kappa shape index (κ1) is 13.8. The molecular weight excluding hydrogens is 238 g/mol. The zero-order valence-electron chi connectivity index (χ0n) is 9.74. The van der Waals surface area contributed by atoms with Crippen LogP contribution in [0.4, 0.5) is 5.69 Å². The van der Waals surface area contributed by atoms with Crippen LogP contribution >= 0.6 is 0 Å². The van der Waals surface area contributed by atoms with E-state index in [9.17, 15) is 14.7 Å². The minimum Gasteiger partial charge on any atom is -0.508 e. The van der Waals surface area contributed by atoms with Crippen molar-refractivity contribution in [2.45, 2.75) is 12.8 Å². The number of aromatic hydroxyl groups is 1. The van der Waals surface area contributed by atoms with Gasteiger partial charge in [0.15, 0.2) is 0 Å². The summed E-state index contributed by atoms with van der Waals surface area (Å²) in [4.78, 5) is 22.7. The molecule has 0 saturated heterocycles. The Kier molecular flexibility index (Phi) is 4.98. The molecule has 18 heavy (non-hydrogen) atoms. The van der Waals surface area contributed by atoms with Crippen molar-refractivity contribution in [2.24, 2.45) is 0 Å². The smallest absolute Gasteiger partial charge is 0.305 e. The second kappa shape index (κ2) is 6.48. The predicted molar refractivity (Wildman–Crippen MR) is 64.8 cm³/mol. The first-order valence-corrected chi connectivity index (χ1v) is 5.46. The van der Waals surface area contributed by atoms with Crippen molar-refractivity contribution in [1.82, 2.24) is 0 Å². The van der Waals surface area contributed by atoms with Crippen LogP contribution in [0.5, 0.6) is 5.75 Å². The molecule has 0 atom stereocenters. The molecule has 0 spiro atoms. The summed E-state index contributed by atoms with van der Waals surface area (Å²) in [5.41, 5.74) is 0.609. The van der Waals surface area contributed by atoms with Gasteiger partial charge in [0.1, 0.15) is 5.75 Å². The first-order valence-electron chi connectivity index (χ1n) is 5.46. The van der Waals surface area contributed by atoms with Gasteiger partial charge in [0.25, 0.3) is 0 Å². The predicted octanol–water partition coefficient (Wildman–Crippen LogP) is 1.15. The highest BCUT2D eigenvalue weighted by Gasteiger charge is 2.11. The second-order valence-corrected chi connectivity index (χ2v) is 3.79. The van der Waals surface area contributed by atoms with Crippen LogP contribution in [0, 0.1) is 0 Å². The van der Waals surface area contributed by atoms with E-state index >= 15 is 0 Å². The first-order chi connectivity index (χ1) is 8.49. The van der Waals surface area contributed by atoms with Crippen LogP contribution in [0.1, 0.15) is 12.8 Å². The molecule has 0 saturated carbocycles. The van der Waals surface area contributed by atoms with E-state index < -0.39 is 11.9 Å². The van der Waals surface area contributed by atoms with E-state index in [1.54, 1.807) is 17.0 Å². The van der Waals surface area contributed by atoms with Crippen molar-refractivity contribution in [3.8, 4) is 5.75 Å². The topological polar surface area (TPSA) is 98.1 Å². The number of carbonyl (C=O) groups is 2. The van der Waals surface area contributed by atoms with E-state index in [-0.39, 0.29) is 31.7 Å². The quantitative estimate of drug-likeness (QED) is 0.674. The third-order valence-corrected chi connectivity index (χ3v) is 2.39. The number of anilines is 1. The van der Waals surface area contributed by atoms with Gasteiger partial charge in [0, 0.05) is 24.8 Å². The molecule has 0 amide bonds. The maximum atomic E-state index is 10.5. The molecule has 1 aromatic carbocycles. The molecule has 0 aliphatic heterocycles. The van der Waals surface area contributed by atoms with E-state index in [2.05, 4.69) is 0 Å². The molecular formula is C12H15NO5. The fraction of sp³-hybridized carbons (Fsp3) is 0.333. The lowest BCUT2D eigenvalue weighted by molar-refractivity contribution is -0.137. The lowest BCUT2D eigenvalue weighted by Crippen LogP contribution is -2.28. The summed E-state index contributed by atoms with van der Waals surface area (Å²) >= 11 is 0. The van der Waals surface area contributed by atoms with Gasteiger partial charge in [-0.25, -0.2) is 0 Å². The van der Waals surface area contributed by atoms with Crippen LogP contribution in [-0.2, 0) is 9.59 Å². The lowest BCUT2D eigenvalue weighted by atomic mass is 10.2. The largest absolute Gasteiger partial charge is 0.508 e. The molecule has 3 N–H and O–H groups in total. The summed E-state index contributed by atoms with van der Waals surface area (Å²) in [5.74, 6) is -1.84. The zero-order chi connectivity index (χ0) is 13.5. The average molecular weight is 253 g/mol. The summed E-state index contributed by atoms with van der Waals surface area (Å²) in [6.07, 6.45) is -0.176. The summed E-state index contributed by atoms with van der Waals surface area (Å²) in [6, 6.07) is 6.29. The maximum absolute atomic E-state index is 10.5. The van der Waals surface area contributed by atoms with E-state index in [0.717, 1.165) is 0 Å². The van der Waals surface area contributed by atoms with E-state index in [0.29, 0.717) is 5.69 Å². The number of hydrogen-bond acceptors (Lipinski definition) is 4. The van der Waals surface area contributed by atoms with Crippen LogP contribution in [0.15, 0.2) is 24.3 Å². The van der Waals surface area contributed by atoms with Crippen molar-refractivity contribution < 1.29 is 24.9 Å². The Balaban J connectivity index is 2.75. The lowest BCUT2D eigenvalue weighted by Gasteiger charge is -2.23. The maximum Gasteiger partial charge on any atom is 0.305 e. The van der Waals surface area contributed by atoms with Crippen LogP contribution in [0.25, 0.3) is 0 Å². The van der Waals surface area contributed by atoms with Crippen molar-refractivity contribution in [2.75, 3.05) is 18.0 Å². The Labute approximate surface area is 104 Å². The number of nitrogens with zero attached hydrogens (tertiary/aromatic N) is 1. The zero-order valence-corrected chi connectivity index (χ0v) is 9.74. The number of phenolic OH excluding ortho intramolecular Hbond substituents is 1. The number of hydrogen-bond donors (Lipinski definition) is 3. The molecule has 0 aliphatic rings. The van der Waals surface area contributed by atoms with Crippen LogP contribution in [0.2, 0.25) is 0 Å². The Bertz CT molecular complexity index is 414. The van der Waals surface area contributed by atoms with Crippen LogP contribution < -0.4 is 4.90 Å². The molecule has 0 heterocycles. The fourth-order valence-corrected chi connectivity index (χ4v) is 1.52. The molecule has 0 aliphatic carbocycles. The molecule has 1 rings (SSSR count). The van der Waals surface area contributed by atoms with E-state index in [4.69, 9.17) is 10.2 Å². The highest BCUT2D eigenvalue weighted by molar-refractivity contribution is 5.69. The highest BCUT2D eigenvalue weighted by Crippen LogP contribution is 2.20. The van der Waals surface area contributed by atoms with Gasteiger partial charge >= 0.3 is 11.9 Å². The Morgan fingerprint density at radius 1 is 1.06 bits per heavy atom. The van der Waals surface area contributed by atoms with Crippen LogP contribution in [0.3, 0.4) is 0 Å². The van der Waals surface area contributed by atoms with E-state index in [1.807, 2.05) is 0 Å². The van der Waals surface area contributed by atoms with Gasteiger partial charge in [-0.3, -0.25) is 9.59 Å². The minimum absolute atomic E-state index is 0.0585. The highest BCUT2D eigenvalue weighted by atomic mass is 16.4. The summed E-state index contributed by atoms with van der Waals surface area (Å²) in [5, 5.41) is 26.7. The monoisotopic (exact) mass is 253 g/mol. The minimum atomic E-state index is -0.949. The van der Waals surface area contributed by atoms with Gasteiger partial charge in [0.2, 0.25) is 0 Å². The number of aliphatic carboxylic acids is 2. The van der Waals surface area contributed by atoms with Crippen molar-refractivity contribution in [3.05, 3.63) is 24.3 Å². The average Bonchev–Trinajstić information content (AvgIpc) is 2.28. The van der Waals surface area contributed by atoms with Gasteiger partial charge in [-0.15, -0.1) is 0 Å². The van der Waals surface area contributed by atoms with Gasteiger partial charge < -0.3 is 20.2 Å². The molecule has 0 unspecified atom stereocenters. The van der Waals surface area contributed by atoms with Gasteiger partial charge in [-0.2, -0.15) is 0 Å². The Hall–Kier alpha value is -2.24. The number of carboxylic acids is 2. The number of rotatable bonds is 7. The molecule has 1 aromatic rings. The summed E-state index contributed by atoms with van der Waals surface area (Å²) < 4.78 is 0. The summed E-state index contributed by atoms with van der Waals surface area (Å²) in [7, 11) is 0. The molecule has 98 valence electrons. The van der Waals surface area contributed by atoms with Gasteiger partial charge in [-0.1, -0.05) is 6.07 Å². The normalized spacial score (nSPS) is 10.0. The fourth-order valence-electron chi connectivity index (χ4n) is 1.52. The Morgan fingerprint density at radius 2 is 1.61 bits per heavy atom. The number of benzene rings is 1. The van der Waals surface area contributed by atoms with E-state index in [1.165, 1.54) is 12.1 Å². The van der Waals surface area contributed by atoms with Gasteiger partial charge in [-0.05, 0) is 12.1 Å². The third-order valence-electron chi connectivity index (χ3n) is 2.39. The third kappa shape index (κ3) is 4.73. The van der Waals surface area contributed by atoms with Crippen LogP contribution in [-0.4, -0.2) is 40.3 Å². The van der Waals surface area contributed by atoms with Gasteiger partial charge in [0.05, 0.1) is 12.8 Å². The molecule has 0 bridgehead atoms. The molecule has 0 fully saturated rings. The standard InChI is InChI=1S/C12H15NO5/c14-10-3-1-2-9(8-10)13(6-4-11(15)16)7-5-12(17)18/h1-3,8,14H,4-7H2,(H,15,16)(H,17,18). The Morgan fingerprint density at radius 3 is 2.06 bits per heavy atom. The SMILES string of the molecule is O=C(O)CCN(CCC(=O)O)c1cccc(O)c1. The molecule has 0 radical (unpaired) electrons.